The highest BCUT2D eigenvalue weighted by atomic mass is 16.5. The minimum atomic E-state index is -0.123. The van der Waals surface area contributed by atoms with Gasteiger partial charge in [-0.25, -0.2) is 0 Å². The minimum Gasteiger partial charge on any atom is -0.468 e. The van der Waals surface area contributed by atoms with E-state index in [9.17, 15) is 4.79 Å². The summed E-state index contributed by atoms with van der Waals surface area (Å²) in [6.45, 7) is 2.07. The number of rotatable bonds is 4. The molecule has 1 aliphatic carbocycles. The van der Waals surface area contributed by atoms with Gasteiger partial charge in [-0.05, 0) is 25.7 Å². The summed E-state index contributed by atoms with van der Waals surface area (Å²) < 4.78 is 10.4. The Morgan fingerprint density at radius 3 is 2.53 bits per heavy atom. The lowest BCUT2D eigenvalue weighted by molar-refractivity contribution is -0.144. The highest BCUT2D eigenvalue weighted by Crippen LogP contribution is 2.27. The zero-order chi connectivity index (χ0) is 12.1. The van der Waals surface area contributed by atoms with Gasteiger partial charge in [0.25, 0.3) is 0 Å². The molecule has 0 bridgehead atoms. The van der Waals surface area contributed by atoms with Gasteiger partial charge in [0.15, 0.2) is 0 Å². The van der Waals surface area contributed by atoms with Crippen LogP contribution in [0.25, 0.3) is 0 Å². The molecule has 1 saturated carbocycles. The third-order valence-corrected chi connectivity index (χ3v) is 3.94. The van der Waals surface area contributed by atoms with Gasteiger partial charge in [-0.15, -0.1) is 0 Å². The van der Waals surface area contributed by atoms with E-state index in [4.69, 9.17) is 9.47 Å². The fraction of sp³-hybridized carbons (Fsp3) is 0.923. The lowest BCUT2D eigenvalue weighted by atomic mass is 10.0. The van der Waals surface area contributed by atoms with Gasteiger partial charge in [0.05, 0.1) is 20.3 Å². The molecule has 2 aliphatic rings. The molecule has 1 unspecified atom stereocenters. The number of carbonyl (C=O) groups is 1. The molecule has 17 heavy (non-hydrogen) atoms. The summed E-state index contributed by atoms with van der Waals surface area (Å²) in [6, 6.07) is 0.965. The molecular formula is C13H23NO3. The highest BCUT2D eigenvalue weighted by Gasteiger charge is 2.31. The largest absolute Gasteiger partial charge is 0.468 e. The standard InChI is InChI=1S/C13H23NO3/c1-16-13(15)9-14(11-5-2-3-6-11)12-7-4-8-17-10-12/h11-12H,2-10H2,1H3. The van der Waals surface area contributed by atoms with Crippen molar-refractivity contribution in [1.29, 1.82) is 0 Å². The summed E-state index contributed by atoms with van der Waals surface area (Å²) in [5.74, 6) is -0.123. The first-order chi connectivity index (χ1) is 8.31. The van der Waals surface area contributed by atoms with Gasteiger partial charge in [0.1, 0.15) is 0 Å². The van der Waals surface area contributed by atoms with Gasteiger partial charge in [0, 0.05) is 18.7 Å². The molecule has 0 spiro atoms. The van der Waals surface area contributed by atoms with Crippen molar-refractivity contribution in [2.24, 2.45) is 0 Å². The fourth-order valence-corrected chi connectivity index (χ4v) is 2.99. The number of hydrogen-bond acceptors (Lipinski definition) is 4. The van der Waals surface area contributed by atoms with Crippen molar-refractivity contribution in [3.05, 3.63) is 0 Å². The van der Waals surface area contributed by atoms with Gasteiger partial charge < -0.3 is 9.47 Å². The Balaban J connectivity index is 1.96. The van der Waals surface area contributed by atoms with Crippen molar-refractivity contribution in [3.8, 4) is 0 Å². The zero-order valence-corrected chi connectivity index (χ0v) is 10.7. The summed E-state index contributed by atoms with van der Waals surface area (Å²) in [5, 5.41) is 0. The fourth-order valence-electron chi connectivity index (χ4n) is 2.99. The molecule has 0 N–H and O–H groups in total. The molecule has 2 rings (SSSR count). The summed E-state index contributed by atoms with van der Waals surface area (Å²) >= 11 is 0. The molecule has 98 valence electrons. The average Bonchev–Trinajstić information content (AvgIpc) is 2.90. The Morgan fingerprint density at radius 1 is 1.24 bits per heavy atom. The van der Waals surface area contributed by atoms with Crippen molar-refractivity contribution in [3.63, 3.8) is 0 Å². The number of carbonyl (C=O) groups excluding carboxylic acids is 1. The SMILES string of the molecule is COC(=O)CN(C1CCCC1)C1CCCOC1. The number of nitrogens with zero attached hydrogens (tertiary/aromatic N) is 1. The Hall–Kier alpha value is -0.610. The van der Waals surface area contributed by atoms with Crippen molar-refractivity contribution in [2.45, 2.75) is 50.6 Å². The van der Waals surface area contributed by atoms with Gasteiger partial charge >= 0.3 is 5.97 Å². The van der Waals surface area contributed by atoms with Crippen LogP contribution in [0.3, 0.4) is 0 Å². The Morgan fingerprint density at radius 2 is 1.94 bits per heavy atom. The second-order valence-electron chi connectivity index (χ2n) is 5.06. The molecule has 4 heteroatoms. The predicted octanol–water partition coefficient (Wildman–Crippen LogP) is 1.58. The minimum absolute atomic E-state index is 0.123. The maximum Gasteiger partial charge on any atom is 0.319 e. The van der Waals surface area contributed by atoms with Crippen LogP contribution in [0.15, 0.2) is 0 Å². The van der Waals surface area contributed by atoms with E-state index in [1.807, 2.05) is 0 Å². The molecule has 2 fully saturated rings. The van der Waals surface area contributed by atoms with Crippen LogP contribution in [-0.2, 0) is 14.3 Å². The van der Waals surface area contributed by atoms with E-state index in [-0.39, 0.29) is 5.97 Å². The predicted molar refractivity (Wildman–Crippen MR) is 64.8 cm³/mol. The Bertz CT molecular complexity index is 245. The van der Waals surface area contributed by atoms with Gasteiger partial charge in [-0.1, -0.05) is 12.8 Å². The first-order valence-corrected chi connectivity index (χ1v) is 6.71. The Labute approximate surface area is 103 Å². The third-order valence-electron chi connectivity index (χ3n) is 3.94. The van der Waals surface area contributed by atoms with E-state index in [1.165, 1.54) is 32.8 Å². The number of esters is 1. The monoisotopic (exact) mass is 241 g/mol. The molecule has 1 aliphatic heterocycles. The van der Waals surface area contributed by atoms with E-state index in [0.29, 0.717) is 18.6 Å². The van der Waals surface area contributed by atoms with E-state index >= 15 is 0 Å². The van der Waals surface area contributed by atoms with E-state index in [2.05, 4.69) is 4.90 Å². The van der Waals surface area contributed by atoms with Crippen molar-refractivity contribution >= 4 is 5.97 Å². The van der Waals surface area contributed by atoms with E-state index in [1.54, 1.807) is 0 Å². The van der Waals surface area contributed by atoms with Crippen molar-refractivity contribution in [1.82, 2.24) is 4.90 Å². The molecule has 0 aromatic heterocycles. The average molecular weight is 241 g/mol. The second-order valence-corrected chi connectivity index (χ2v) is 5.06. The molecule has 0 amide bonds. The van der Waals surface area contributed by atoms with Crippen LogP contribution >= 0.6 is 0 Å². The Kier molecular flexibility index (Phi) is 4.80. The summed E-state index contributed by atoms with van der Waals surface area (Å²) in [6.07, 6.45) is 7.26. The molecule has 0 aromatic carbocycles. The molecule has 1 atom stereocenters. The topological polar surface area (TPSA) is 38.8 Å². The summed E-state index contributed by atoms with van der Waals surface area (Å²) in [7, 11) is 1.46. The van der Waals surface area contributed by atoms with Crippen molar-refractivity contribution in [2.75, 3.05) is 26.9 Å². The lowest BCUT2D eigenvalue weighted by Crippen LogP contribution is -2.48. The molecule has 0 radical (unpaired) electrons. The third kappa shape index (κ3) is 3.42. The maximum absolute atomic E-state index is 11.5. The van der Waals surface area contributed by atoms with Gasteiger partial charge in [0.2, 0.25) is 0 Å². The van der Waals surface area contributed by atoms with Crippen LogP contribution in [-0.4, -0.2) is 49.8 Å². The van der Waals surface area contributed by atoms with Crippen LogP contribution in [0.2, 0.25) is 0 Å². The number of methoxy groups -OCH3 is 1. The van der Waals surface area contributed by atoms with Gasteiger partial charge in [-0.2, -0.15) is 0 Å². The van der Waals surface area contributed by atoms with Crippen LogP contribution in [0.1, 0.15) is 38.5 Å². The lowest BCUT2D eigenvalue weighted by Gasteiger charge is -2.37. The molecule has 0 aromatic rings. The molecule has 4 nitrogen and oxygen atoms in total. The highest BCUT2D eigenvalue weighted by molar-refractivity contribution is 5.71. The second kappa shape index (κ2) is 6.36. The maximum atomic E-state index is 11.5. The van der Waals surface area contributed by atoms with Crippen LogP contribution < -0.4 is 0 Å². The number of hydrogen-bond donors (Lipinski definition) is 0. The zero-order valence-electron chi connectivity index (χ0n) is 10.7. The normalized spacial score (nSPS) is 26.4. The quantitative estimate of drug-likeness (QED) is 0.701. The molecular weight excluding hydrogens is 218 g/mol. The summed E-state index contributed by atoms with van der Waals surface area (Å²) in [5.41, 5.74) is 0. The number of ether oxygens (including phenoxy) is 2. The van der Waals surface area contributed by atoms with Crippen molar-refractivity contribution < 1.29 is 14.3 Å². The van der Waals surface area contributed by atoms with Gasteiger partial charge in [-0.3, -0.25) is 9.69 Å². The molecule has 1 saturated heterocycles. The van der Waals surface area contributed by atoms with Crippen LogP contribution in [0, 0.1) is 0 Å². The van der Waals surface area contributed by atoms with E-state index in [0.717, 1.165) is 26.1 Å². The van der Waals surface area contributed by atoms with Crippen LogP contribution in [0.4, 0.5) is 0 Å². The molecule has 1 heterocycles. The summed E-state index contributed by atoms with van der Waals surface area (Å²) in [4.78, 5) is 13.8. The first-order valence-electron chi connectivity index (χ1n) is 6.71. The van der Waals surface area contributed by atoms with Crippen LogP contribution in [0.5, 0.6) is 0 Å². The van der Waals surface area contributed by atoms with E-state index < -0.39 is 0 Å². The first kappa shape index (κ1) is 12.8. The smallest absolute Gasteiger partial charge is 0.319 e.